The molecule has 1 aliphatic rings. The lowest BCUT2D eigenvalue weighted by molar-refractivity contribution is -0.143. The molecule has 0 radical (unpaired) electrons. The van der Waals surface area contributed by atoms with Gasteiger partial charge in [-0.3, -0.25) is 4.79 Å². The zero-order valence-corrected chi connectivity index (χ0v) is 24.3. The lowest BCUT2D eigenvalue weighted by Gasteiger charge is -2.29. The maximum absolute atomic E-state index is 14.1. The van der Waals surface area contributed by atoms with Crippen molar-refractivity contribution >= 4 is 46.0 Å². The van der Waals surface area contributed by atoms with Gasteiger partial charge in [-0.2, -0.15) is 4.31 Å². The van der Waals surface area contributed by atoms with Crippen molar-refractivity contribution in [3.05, 3.63) is 108 Å². The molecule has 3 aromatic carbocycles. The van der Waals surface area contributed by atoms with Crippen LogP contribution in [-0.2, 0) is 26.1 Å². The number of carbonyl (C=O) groups excluding carboxylic acids is 1. The smallest absolute Gasteiger partial charge is 0.358 e. The molecule has 12 heteroatoms. The number of sulfonamides is 1. The van der Waals surface area contributed by atoms with Crippen LogP contribution >= 0.6 is 24.0 Å². The minimum atomic E-state index is -4.27. The van der Waals surface area contributed by atoms with Crippen LogP contribution in [0.2, 0.25) is 5.02 Å². The summed E-state index contributed by atoms with van der Waals surface area (Å²) in [6.45, 7) is -0.0868. The molecule has 0 saturated heterocycles. The fraction of sp³-hybridized carbons (Fsp3) is 0.207. The largest absolute Gasteiger partial charge is 0.480 e. The van der Waals surface area contributed by atoms with Crippen LogP contribution in [0.25, 0.3) is 11.1 Å². The molecule has 5 rings (SSSR count). The first-order chi connectivity index (χ1) is 19.2. The molecule has 4 aromatic rings. The zero-order valence-electron chi connectivity index (χ0n) is 21.9. The monoisotopic (exact) mass is 615 g/mol. The molecule has 1 aromatic heterocycles. The van der Waals surface area contributed by atoms with E-state index in [1.807, 2.05) is 18.2 Å². The predicted molar refractivity (Wildman–Crippen MR) is 156 cm³/mol. The maximum Gasteiger partial charge on any atom is 0.358 e. The van der Waals surface area contributed by atoms with Crippen LogP contribution in [-0.4, -0.2) is 58.5 Å². The van der Waals surface area contributed by atoms with E-state index in [2.05, 4.69) is 9.72 Å². The van der Waals surface area contributed by atoms with E-state index in [4.69, 9.17) is 11.6 Å². The molecule has 0 spiro atoms. The van der Waals surface area contributed by atoms with E-state index in [9.17, 15) is 23.1 Å². The van der Waals surface area contributed by atoms with Crippen molar-refractivity contribution in [3.8, 4) is 11.1 Å². The van der Waals surface area contributed by atoms with Crippen LogP contribution in [0.5, 0.6) is 0 Å². The Morgan fingerprint density at radius 2 is 1.66 bits per heavy atom. The average Bonchev–Trinajstić information content (AvgIpc) is 3.54. The van der Waals surface area contributed by atoms with Gasteiger partial charge in [-0.1, -0.05) is 66.2 Å². The number of ether oxygens (including phenoxy) is 1. The van der Waals surface area contributed by atoms with Gasteiger partial charge in [-0.15, -0.1) is 12.4 Å². The first kappa shape index (κ1) is 30.3. The molecular weight excluding hydrogens is 589 g/mol. The molecule has 1 heterocycles. The minimum Gasteiger partial charge on any atom is -0.480 e. The highest BCUT2D eigenvalue weighted by Crippen LogP contribution is 2.57. The molecule has 1 N–H and O–H groups in total. The quantitative estimate of drug-likeness (QED) is 0.246. The number of imidazole rings is 1. The molecule has 2 atom stereocenters. The topological polar surface area (TPSA) is 119 Å². The third-order valence-electron chi connectivity index (χ3n) is 7.16. The van der Waals surface area contributed by atoms with E-state index in [1.165, 1.54) is 36.3 Å². The molecule has 0 amide bonds. The number of aliphatic carboxylic acids is 1. The highest BCUT2D eigenvalue weighted by molar-refractivity contribution is 7.89. The van der Waals surface area contributed by atoms with Crippen LogP contribution in [0.4, 0.5) is 0 Å². The van der Waals surface area contributed by atoms with Gasteiger partial charge in [-0.25, -0.2) is 18.2 Å². The first-order valence-corrected chi connectivity index (χ1v) is 14.3. The van der Waals surface area contributed by atoms with Crippen molar-refractivity contribution in [3.63, 3.8) is 0 Å². The van der Waals surface area contributed by atoms with Gasteiger partial charge in [0.1, 0.15) is 5.54 Å². The highest BCUT2D eigenvalue weighted by atomic mass is 35.5. The molecule has 1 aliphatic carbocycles. The van der Waals surface area contributed by atoms with Gasteiger partial charge >= 0.3 is 11.9 Å². The van der Waals surface area contributed by atoms with Crippen LogP contribution in [0.3, 0.4) is 0 Å². The van der Waals surface area contributed by atoms with Crippen molar-refractivity contribution in [1.82, 2.24) is 13.9 Å². The second-order valence-corrected chi connectivity index (χ2v) is 11.8. The standard InChI is InChI=1S/C29H26ClN3O6S.ClH/c1-39-27(34)26-18-32(19-31-26)15-16-33(29(28(35)36)17-25(29)22-5-3-2-4-6-22)40(37,38)24-13-9-21(10-14-24)20-7-11-23(30)12-8-20;/h2-14,18-19,25H,15-17H2,1H3,(H,35,36);1H/t25-,29+;/m1./s1. The number of carboxylic acid groups (broad SMARTS) is 1. The van der Waals surface area contributed by atoms with E-state index in [1.54, 1.807) is 48.5 Å². The molecule has 41 heavy (non-hydrogen) atoms. The van der Waals surface area contributed by atoms with E-state index < -0.39 is 33.4 Å². The van der Waals surface area contributed by atoms with Crippen LogP contribution in [0.15, 0.2) is 96.3 Å². The van der Waals surface area contributed by atoms with E-state index in [0.717, 1.165) is 21.0 Å². The van der Waals surface area contributed by atoms with Crippen molar-refractivity contribution in [2.24, 2.45) is 0 Å². The number of halogens is 2. The zero-order chi connectivity index (χ0) is 28.5. The van der Waals surface area contributed by atoms with E-state index in [0.29, 0.717) is 5.02 Å². The lowest BCUT2D eigenvalue weighted by atomic mass is 10.1. The number of esters is 1. The Hall–Kier alpha value is -3.70. The molecule has 1 saturated carbocycles. The number of benzene rings is 3. The van der Waals surface area contributed by atoms with Crippen LogP contribution < -0.4 is 0 Å². The summed E-state index contributed by atoms with van der Waals surface area (Å²) in [5.41, 5.74) is 0.799. The minimum absolute atomic E-state index is 0. The lowest BCUT2D eigenvalue weighted by Crippen LogP contribution is -2.49. The SMILES string of the molecule is COC(=O)c1cn(CCN([C@@]2(C(=O)O)C[C@@H]2c2ccccc2)S(=O)(=O)c2ccc(-c3ccc(Cl)cc3)cc2)cn1.Cl. The molecule has 0 aliphatic heterocycles. The van der Waals surface area contributed by atoms with Crippen LogP contribution in [0.1, 0.15) is 28.4 Å². The van der Waals surface area contributed by atoms with Crippen molar-refractivity contribution in [1.29, 1.82) is 0 Å². The van der Waals surface area contributed by atoms with Gasteiger partial charge in [0.2, 0.25) is 10.0 Å². The van der Waals surface area contributed by atoms with Crippen molar-refractivity contribution in [2.45, 2.75) is 29.3 Å². The summed E-state index contributed by atoms with van der Waals surface area (Å²) < 4.78 is 35.5. The summed E-state index contributed by atoms with van der Waals surface area (Å²) in [5, 5.41) is 11.0. The molecule has 1 fully saturated rings. The normalized spacial score (nSPS) is 18.0. The Kier molecular flexibility index (Phi) is 8.89. The number of hydrogen-bond donors (Lipinski definition) is 1. The molecular formula is C29H27Cl2N3O6S. The number of hydrogen-bond acceptors (Lipinski definition) is 6. The number of nitrogens with zero attached hydrogens (tertiary/aromatic N) is 3. The number of methoxy groups -OCH3 is 1. The molecule has 0 bridgehead atoms. The number of carbonyl (C=O) groups is 2. The Labute approximate surface area is 248 Å². The van der Waals surface area contributed by atoms with E-state index >= 15 is 0 Å². The second-order valence-electron chi connectivity index (χ2n) is 9.49. The summed E-state index contributed by atoms with van der Waals surface area (Å²) in [6, 6.07) is 22.5. The van der Waals surface area contributed by atoms with Gasteiger partial charge in [0.05, 0.1) is 18.3 Å². The van der Waals surface area contributed by atoms with Crippen molar-refractivity contribution in [2.75, 3.05) is 13.7 Å². The fourth-order valence-corrected chi connectivity index (χ4v) is 6.86. The molecule has 214 valence electrons. The van der Waals surface area contributed by atoms with Gasteiger partial charge in [0.25, 0.3) is 0 Å². The van der Waals surface area contributed by atoms with Gasteiger partial charge in [0, 0.05) is 30.2 Å². The van der Waals surface area contributed by atoms with Crippen LogP contribution in [0, 0.1) is 0 Å². The Morgan fingerprint density at radius 1 is 1.05 bits per heavy atom. The number of rotatable bonds is 10. The highest BCUT2D eigenvalue weighted by Gasteiger charge is 2.67. The second kappa shape index (κ2) is 12.0. The predicted octanol–water partition coefficient (Wildman–Crippen LogP) is 5.11. The summed E-state index contributed by atoms with van der Waals surface area (Å²) in [4.78, 5) is 28.6. The summed E-state index contributed by atoms with van der Waals surface area (Å²) in [6.07, 6.45) is 2.95. The van der Waals surface area contributed by atoms with Crippen molar-refractivity contribution < 1.29 is 27.9 Å². The van der Waals surface area contributed by atoms with Gasteiger partial charge in [0.15, 0.2) is 5.69 Å². The summed E-state index contributed by atoms with van der Waals surface area (Å²) >= 11 is 5.99. The Morgan fingerprint density at radius 3 is 2.24 bits per heavy atom. The van der Waals surface area contributed by atoms with Gasteiger partial charge in [-0.05, 0) is 47.4 Å². The first-order valence-electron chi connectivity index (χ1n) is 12.4. The fourth-order valence-electron chi connectivity index (χ4n) is 4.97. The third-order valence-corrected chi connectivity index (χ3v) is 9.37. The summed E-state index contributed by atoms with van der Waals surface area (Å²) in [5.74, 6) is -2.37. The maximum atomic E-state index is 14.1. The average molecular weight is 617 g/mol. The third kappa shape index (κ3) is 5.87. The number of aromatic nitrogens is 2. The number of carboxylic acids is 1. The molecule has 0 unspecified atom stereocenters. The van der Waals surface area contributed by atoms with E-state index in [-0.39, 0.29) is 42.5 Å². The van der Waals surface area contributed by atoms with Gasteiger partial charge < -0.3 is 14.4 Å². The Bertz CT molecular complexity index is 1640. The Balaban J connectivity index is 0.00000387. The molecule has 9 nitrogen and oxygen atoms in total. The summed E-state index contributed by atoms with van der Waals surface area (Å²) in [7, 11) is -3.03.